The Bertz CT molecular complexity index is 870. The summed E-state index contributed by atoms with van der Waals surface area (Å²) >= 11 is 0. The summed E-state index contributed by atoms with van der Waals surface area (Å²) in [7, 11) is 0. The first-order valence-electron chi connectivity index (χ1n) is 24.8. The molecule has 5 nitrogen and oxygen atoms in total. The zero-order chi connectivity index (χ0) is 40.8. The van der Waals surface area contributed by atoms with Crippen molar-refractivity contribution in [3.05, 3.63) is 36.5 Å². The van der Waals surface area contributed by atoms with Gasteiger partial charge in [0.25, 0.3) is 0 Å². The molecule has 3 unspecified atom stereocenters. The van der Waals surface area contributed by atoms with Crippen LogP contribution < -0.4 is 5.32 Å². The van der Waals surface area contributed by atoms with Crippen LogP contribution in [0.3, 0.4) is 0 Å². The van der Waals surface area contributed by atoms with Gasteiger partial charge >= 0.3 is 0 Å². The Morgan fingerprint density at radius 3 is 1.18 bits per heavy atom. The van der Waals surface area contributed by atoms with E-state index in [0.29, 0.717) is 6.42 Å². The molecule has 0 aliphatic heterocycles. The highest BCUT2D eigenvalue weighted by Crippen LogP contribution is 2.16. The molecule has 0 aromatic rings. The Morgan fingerprint density at radius 1 is 0.464 bits per heavy atom. The number of aliphatic hydroxyl groups excluding tert-OH is 3. The van der Waals surface area contributed by atoms with Gasteiger partial charge in [-0.1, -0.05) is 237 Å². The third-order valence-electron chi connectivity index (χ3n) is 11.4. The minimum Gasteiger partial charge on any atom is -0.394 e. The number of aliphatic hydroxyl groups is 3. The second-order valence-electron chi connectivity index (χ2n) is 17.1. The largest absolute Gasteiger partial charge is 0.394 e. The van der Waals surface area contributed by atoms with E-state index in [4.69, 9.17) is 0 Å². The standard InChI is InChI=1S/C51H97NO4/c1-3-5-7-9-11-13-15-17-19-21-23-24-25-26-27-28-30-32-34-36-38-40-42-44-48(54)46-51(56)52-49(47-53)50(55)45-43-41-39-37-35-33-31-29-22-20-18-16-14-12-10-8-6-4-2/h23-24,26-27,43,45,48-50,53-55H,3-22,25,28-42,44,46-47H2,1-2H3,(H,52,56)/b24-23-,27-26-,45-43+. The summed E-state index contributed by atoms with van der Waals surface area (Å²) in [6.07, 6.45) is 58.7. The molecule has 0 saturated heterocycles. The molecular formula is C51H97NO4. The maximum Gasteiger partial charge on any atom is 0.222 e. The van der Waals surface area contributed by atoms with Gasteiger partial charge in [0, 0.05) is 0 Å². The molecule has 0 bridgehead atoms. The van der Waals surface area contributed by atoms with Crippen molar-refractivity contribution in [1.82, 2.24) is 5.32 Å². The van der Waals surface area contributed by atoms with Gasteiger partial charge in [-0.05, 0) is 51.4 Å². The average molecular weight is 788 g/mol. The summed E-state index contributed by atoms with van der Waals surface area (Å²) in [5, 5.41) is 33.3. The average Bonchev–Trinajstić information content (AvgIpc) is 3.19. The van der Waals surface area contributed by atoms with E-state index < -0.39 is 18.2 Å². The molecule has 0 aromatic heterocycles. The highest BCUT2D eigenvalue weighted by Gasteiger charge is 2.20. The van der Waals surface area contributed by atoms with E-state index in [1.165, 1.54) is 199 Å². The van der Waals surface area contributed by atoms with Crippen LogP contribution in [0.15, 0.2) is 36.5 Å². The zero-order valence-corrected chi connectivity index (χ0v) is 37.5. The van der Waals surface area contributed by atoms with Crippen LogP contribution in [0, 0.1) is 0 Å². The first-order chi connectivity index (χ1) is 27.5. The molecule has 0 fully saturated rings. The molecule has 0 rings (SSSR count). The van der Waals surface area contributed by atoms with Crippen molar-refractivity contribution in [2.75, 3.05) is 6.61 Å². The SMILES string of the molecule is CCCCCCCCCCC/C=C\C/C=C\CCCCCCCCCC(O)CC(=O)NC(CO)C(O)/C=C/CCCCCCCCCCCCCCCCCC. The second kappa shape index (κ2) is 46.3. The first-order valence-corrected chi connectivity index (χ1v) is 24.8. The lowest BCUT2D eigenvalue weighted by atomic mass is 10.0. The van der Waals surface area contributed by atoms with Gasteiger partial charge in [0.1, 0.15) is 0 Å². The van der Waals surface area contributed by atoms with Crippen molar-refractivity contribution in [3.8, 4) is 0 Å². The number of nitrogens with one attached hydrogen (secondary N) is 1. The lowest BCUT2D eigenvalue weighted by Gasteiger charge is -2.21. The summed E-state index contributed by atoms with van der Waals surface area (Å²) in [6.45, 7) is 4.23. The summed E-state index contributed by atoms with van der Waals surface area (Å²) in [5.41, 5.74) is 0. The topological polar surface area (TPSA) is 89.8 Å². The van der Waals surface area contributed by atoms with Gasteiger partial charge < -0.3 is 20.6 Å². The third-order valence-corrected chi connectivity index (χ3v) is 11.4. The van der Waals surface area contributed by atoms with Crippen LogP contribution in [0.25, 0.3) is 0 Å². The number of hydrogen-bond acceptors (Lipinski definition) is 4. The van der Waals surface area contributed by atoms with Crippen LogP contribution in [0.5, 0.6) is 0 Å². The summed E-state index contributed by atoms with van der Waals surface area (Å²) in [6, 6.07) is -0.747. The van der Waals surface area contributed by atoms with Gasteiger partial charge in [0.05, 0.1) is 31.3 Å². The van der Waals surface area contributed by atoms with Crippen molar-refractivity contribution in [2.45, 2.75) is 276 Å². The van der Waals surface area contributed by atoms with E-state index >= 15 is 0 Å². The molecule has 1 amide bonds. The van der Waals surface area contributed by atoms with Crippen LogP contribution in [0.4, 0.5) is 0 Å². The Hall–Kier alpha value is -1.43. The highest BCUT2D eigenvalue weighted by molar-refractivity contribution is 5.76. The fourth-order valence-corrected chi connectivity index (χ4v) is 7.61. The number of amides is 1. The smallest absolute Gasteiger partial charge is 0.222 e. The van der Waals surface area contributed by atoms with E-state index in [1.54, 1.807) is 6.08 Å². The third kappa shape index (κ3) is 42.2. The van der Waals surface area contributed by atoms with Crippen molar-refractivity contribution >= 4 is 5.91 Å². The van der Waals surface area contributed by atoms with Gasteiger partial charge in [-0.25, -0.2) is 0 Å². The van der Waals surface area contributed by atoms with E-state index in [2.05, 4.69) is 43.5 Å². The zero-order valence-electron chi connectivity index (χ0n) is 37.5. The molecular weight excluding hydrogens is 691 g/mol. The van der Waals surface area contributed by atoms with Gasteiger partial charge in [-0.2, -0.15) is 0 Å². The predicted molar refractivity (Wildman–Crippen MR) is 245 cm³/mol. The van der Waals surface area contributed by atoms with Crippen LogP contribution in [0.1, 0.15) is 258 Å². The monoisotopic (exact) mass is 788 g/mol. The minimum absolute atomic E-state index is 0.00868. The maximum atomic E-state index is 12.5. The fraction of sp³-hybridized carbons (Fsp3) is 0.863. The molecule has 0 spiro atoms. The summed E-state index contributed by atoms with van der Waals surface area (Å²) in [5.74, 6) is -0.319. The number of hydrogen-bond donors (Lipinski definition) is 4. The lowest BCUT2D eigenvalue weighted by molar-refractivity contribution is -0.124. The molecule has 0 aromatic carbocycles. The van der Waals surface area contributed by atoms with E-state index in [-0.39, 0.29) is 18.9 Å². The highest BCUT2D eigenvalue weighted by atomic mass is 16.3. The van der Waals surface area contributed by atoms with E-state index in [1.807, 2.05) is 6.08 Å². The van der Waals surface area contributed by atoms with Crippen LogP contribution in [-0.4, -0.2) is 46.1 Å². The number of carbonyl (C=O) groups is 1. The molecule has 0 radical (unpaired) electrons. The quantitative estimate of drug-likeness (QED) is 0.0365. The van der Waals surface area contributed by atoms with Gasteiger partial charge in [-0.3, -0.25) is 4.79 Å². The van der Waals surface area contributed by atoms with Crippen LogP contribution in [0.2, 0.25) is 0 Å². The lowest BCUT2D eigenvalue weighted by Crippen LogP contribution is -2.45. The van der Waals surface area contributed by atoms with Crippen LogP contribution >= 0.6 is 0 Å². The van der Waals surface area contributed by atoms with Gasteiger partial charge in [0.15, 0.2) is 0 Å². The normalized spacial score (nSPS) is 13.7. The van der Waals surface area contributed by atoms with E-state index in [0.717, 1.165) is 32.1 Å². The Labute approximate surface area is 349 Å². The van der Waals surface area contributed by atoms with Gasteiger partial charge in [0.2, 0.25) is 5.91 Å². The molecule has 3 atom stereocenters. The maximum absolute atomic E-state index is 12.5. The molecule has 0 aliphatic rings. The first kappa shape index (κ1) is 54.6. The molecule has 0 saturated carbocycles. The Balaban J connectivity index is 3.64. The number of allylic oxidation sites excluding steroid dienone is 5. The van der Waals surface area contributed by atoms with E-state index in [9.17, 15) is 20.1 Å². The minimum atomic E-state index is -0.931. The molecule has 56 heavy (non-hydrogen) atoms. The summed E-state index contributed by atoms with van der Waals surface area (Å²) in [4.78, 5) is 12.5. The van der Waals surface area contributed by atoms with Crippen molar-refractivity contribution in [2.24, 2.45) is 0 Å². The predicted octanol–water partition coefficient (Wildman–Crippen LogP) is 14.7. The molecule has 0 aliphatic carbocycles. The van der Waals surface area contributed by atoms with Crippen molar-refractivity contribution in [1.29, 1.82) is 0 Å². The Morgan fingerprint density at radius 2 is 0.804 bits per heavy atom. The Kier molecular flexibility index (Phi) is 45.1. The second-order valence-corrected chi connectivity index (χ2v) is 17.1. The molecule has 0 heterocycles. The fourth-order valence-electron chi connectivity index (χ4n) is 7.61. The van der Waals surface area contributed by atoms with Crippen LogP contribution in [-0.2, 0) is 4.79 Å². The number of carbonyl (C=O) groups excluding carboxylic acids is 1. The van der Waals surface area contributed by atoms with Gasteiger partial charge in [-0.15, -0.1) is 0 Å². The van der Waals surface area contributed by atoms with Crippen molar-refractivity contribution < 1.29 is 20.1 Å². The summed E-state index contributed by atoms with van der Waals surface area (Å²) < 4.78 is 0. The van der Waals surface area contributed by atoms with Crippen molar-refractivity contribution in [3.63, 3.8) is 0 Å². The number of rotatable bonds is 45. The molecule has 330 valence electrons. The molecule has 5 heteroatoms. The number of unbranched alkanes of at least 4 members (excludes halogenated alkanes) is 32. The molecule has 4 N–H and O–H groups in total.